The summed E-state index contributed by atoms with van der Waals surface area (Å²) in [6.07, 6.45) is 3.17. The quantitative estimate of drug-likeness (QED) is 0.916. The van der Waals surface area contributed by atoms with Crippen molar-refractivity contribution in [1.29, 1.82) is 0 Å². The zero-order valence-corrected chi connectivity index (χ0v) is 12.5. The molecule has 1 heterocycles. The molecule has 0 bridgehead atoms. The first kappa shape index (κ1) is 14.2. The first-order chi connectivity index (χ1) is 10.3. The van der Waals surface area contributed by atoms with Crippen molar-refractivity contribution in [2.45, 2.75) is 37.3 Å². The van der Waals surface area contributed by atoms with Crippen molar-refractivity contribution < 1.29 is 9.26 Å². The van der Waals surface area contributed by atoms with Gasteiger partial charge in [0.05, 0.1) is 5.92 Å². The Hall–Kier alpha value is -1.72. The van der Waals surface area contributed by atoms with E-state index in [1.165, 1.54) is 6.42 Å². The summed E-state index contributed by atoms with van der Waals surface area (Å²) in [5.74, 6) is 1.63. The molecule has 1 aromatic carbocycles. The summed E-state index contributed by atoms with van der Waals surface area (Å²) in [7, 11) is 3.65. The van der Waals surface area contributed by atoms with Crippen molar-refractivity contribution >= 4 is 0 Å². The molecule has 0 radical (unpaired) electrons. The summed E-state index contributed by atoms with van der Waals surface area (Å²) in [5.41, 5.74) is 1.03. The normalized spacial score (nSPS) is 23.3. The minimum absolute atomic E-state index is 0.280. The molecule has 21 heavy (non-hydrogen) atoms. The molecule has 112 valence electrons. The van der Waals surface area contributed by atoms with Gasteiger partial charge in [0.2, 0.25) is 11.7 Å². The van der Waals surface area contributed by atoms with Crippen LogP contribution in [0, 0.1) is 0 Å². The Morgan fingerprint density at radius 1 is 1.29 bits per heavy atom. The molecule has 1 fully saturated rings. The van der Waals surface area contributed by atoms with Crippen LogP contribution in [0.15, 0.2) is 34.9 Å². The van der Waals surface area contributed by atoms with E-state index in [1.54, 1.807) is 7.11 Å². The Morgan fingerprint density at radius 2 is 2.10 bits per heavy atom. The van der Waals surface area contributed by atoms with Gasteiger partial charge >= 0.3 is 0 Å². The first-order valence-electron chi connectivity index (χ1n) is 7.42. The highest BCUT2D eigenvalue weighted by Crippen LogP contribution is 2.34. The molecular formula is C16H21N3O2. The first-order valence-corrected chi connectivity index (χ1v) is 7.42. The second-order valence-electron chi connectivity index (χ2n) is 5.45. The third-order valence-corrected chi connectivity index (χ3v) is 4.23. The highest BCUT2D eigenvalue weighted by Gasteiger charge is 2.32. The lowest BCUT2D eigenvalue weighted by Gasteiger charge is -2.14. The van der Waals surface area contributed by atoms with E-state index in [0.29, 0.717) is 17.8 Å². The number of ether oxygens (including phenoxy) is 1. The molecule has 1 N–H and O–H groups in total. The van der Waals surface area contributed by atoms with E-state index in [-0.39, 0.29) is 6.10 Å². The smallest absolute Gasteiger partial charge is 0.231 e. The summed E-state index contributed by atoms with van der Waals surface area (Å²) in [6.45, 7) is 0. The Morgan fingerprint density at radius 3 is 2.81 bits per heavy atom. The SMILES string of the molecule is CNC1CCCC1c1nc(C(OC)c2ccccc2)no1. The summed E-state index contributed by atoms with van der Waals surface area (Å²) >= 11 is 0. The average molecular weight is 287 g/mol. The van der Waals surface area contributed by atoms with Gasteiger partial charge in [0, 0.05) is 13.2 Å². The van der Waals surface area contributed by atoms with E-state index in [0.717, 1.165) is 24.3 Å². The van der Waals surface area contributed by atoms with Gasteiger partial charge in [-0.1, -0.05) is 41.9 Å². The standard InChI is InChI=1S/C16H21N3O2/c1-17-13-10-6-9-12(13)16-18-15(19-21-16)14(20-2)11-7-4-3-5-8-11/h3-5,7-8,12-14,17H,6,9-10H2,1-2H3. The fraction of sp³-hybridized carbons (Fsp3) is 0.500. The lowest BCUT2D eigenvalue weighted by atomic mass is 10.0. The molecule has 5 heteroatoms. The summed E-state index contributed by atoms with van der Waals surface area (Å²) in [5, 5.41) is 7.48. The summed E-state index contributed by atoms with van der Waals surface area (Å²) < 4.78 is 11.1. The number of benzene rings is 1. The average Bonchev–Trinajstić information content (AvgIpc) is 3.17. The molecule has 1 aliphatic rings. The minimum atomic E-state index is -0.280. The van der Waals surface area contributed by atoms with E-state index < -0.39 is 0 Å². The van der Waals surface area contributed by atoms with E-state index in [4.69, 9.17) is 9.26 Å². The third kappa shape index (κ3) is 2.84. The molecular weight excluding hydrogens is 266 g/mol. The minimum Gasteiger partial charge on any atom is -0.369 e. The van der Waals surface area contributed by atoms with Crippen LogP contribution in [0.1, 0.15) is 48.6 Å². The molecule has 0 aliphatic heterocycles. The van der Waals surface area contributed by atoms with Gasteiger partial charge in [-0.3, -0.25) is 0 Å². The molecule has 0 saturated heterocycles. The van der Waals surface area contributed by atoms with Gasteiger partial charge in [0.15, 0.2) is 0 Å². The number of hydrogen-bond donors (Lipinski definition) is 1. The van der Waals surface area contributed by atoms with E-state index in [9.17, 15) is 0 Å². The van der Waals surface area contributed by atoms with Gasteiger partial charge in [-0.05, 0) is 25.5 Å². The molecule has 1 saturated carbocycles. The van der Waals surface area contributed by atoms with Crippen molar-refractivity contribution in [2.75, 3.05) is 14.2 Å². The molecule has 3 rings (SSSR count). The highest BCUT2D eigenvalue weighted by atomic mass is 16.5. The summed E-state index contributed by atoms with van der Waals surface area (Å²) in [4.78, 5) is 4.60. The number of rotatable bonds is 5. The van der Waals surface area contributed by atoms with Crippen LogP contribution in [-0.2, 0) is 4.74 Å². The third-order valence-electron chi connectivity index (χ3n) is 4.23. The van der Waals surface area contributed by atoms with Gasteiger partial charge in [-0.15, -0.1) is 0 Å². The number of hydrogen-bond acceptors (Lipinski definition) is 5. The molecule has 0 spiro atoms. The maximum absolute atomic E-state index is 5.55. The molecule has 3 atom stereocenters. The van der Waals surface area contributed by atoms with Gasteiger partial charge in [-0.2, -0.15) is 4.98 Å². The van der Waals surface area contributed by atoms with Crippen molar-refractivity contribution in [3.63, 3.8) is 0 Å². The van der Waals surface area contributed by atoms with Gasteiger partial charge in [0.25, 0.3) is 0 Å². The number of methoxy groups -OCH3 is 1. The van der Waals surface area contributed by atoms with Crippen LogP contribution in [0.3, 0.4) is 0 Å². The highest BCUT2D eigenvalue weighted by molar-refractivity contribution is 5.22. The van der Waals surface area contributed by atoms with Crippen molar-refractivity contribution in [3.05, 3.63) is 47.6 Å². The number of likely N-dealkylation sites (N-methyl/N-ethyl adjacent to an activating group) is 1. The summed E-state index contributed by atoms with van der Waals surface area (Å²) in [6, 6.07) is 10.4. The number of nitrogens with zero attached hydrogens (tertiary/aromatic N) is 2. The monoisotopic (exact) mass is 287 g/mol. The van der Waals surface area contributed by atoms with Crippen molar-refractivity contribution in [1.82, 2.24) is 15.5 Å². The number of aromatic nitrogens is 2. The van der Waals surface area contributed by atoms with Crippen LogP contribution >= 0.6 is 0 Å². The fourth-order valence-corrected chi connectivity index (χ4v) is 3.12. The van der Waals surface area contributed by atoms with Crippen LogP contribution in [0.5, 0.6) is 0 Å². The van der Waals surface area contributed by atoms with Gasteiger partial charge in [-0.25, -0.2) is 0 Å². The lowest BCUT2D eigenvalue weighted by Crippen LogP contribution is -2.27. The van der Waals surface area contributed by atoms with Crippen LogP contribution in [0.4, 0.5) is 0 Å². The van der Waals surface area contributed by atoms with Crippen LogP contribution in [0.2, 0.25) is 0 Å². The second-order valence-corrected chi connectivity index (χ2v) is 5.45. The van der Waals surface area contributed by atoms with Crippen LogP contribution in [0.25, 0.3) is 0 Å². The van der Waals surface area contributed by atoms with Gasteiger partial charge in [0.1, 0.15) is 6.10 Å². The van der Waals surface area contributed by atoms with Crippen molar-refractivity contribution in [3.8, 4) is 0 Å². The van der Waals surface area contributed by atoms with E-state index in [2.05, 4.69) is 15.5 Å². The van der Waals surface area contributed by atoms with E-state index in [1.807, 2.05) is 37.4 Å². The Kier molecular flexibility index (Phi) is 4.31. The molecule has 0 amide bonds. The second kappa shape index (κ2) is 6.37. The van der Waals surface area contributed by atoms with Crippen molar-refractivity contribution in [2.24, 2.45) is 0 Å². The fourth-order valence-electron chi connectivity index (χ4n) is 3.12. The maximum atomic E-state index is 5.55. The predicted octanol–water partition coefficient (Wildman–Crippen LogP) is 2.66. The lowest BCUT2D eigenvalue weighted by molar-refractivity contribution is 0.126. The van der Waals surface area contributed by atoms with Crippen LogP contribution in [-0.4, -0.2) is 30.3 Å². The number of nitrogens with one attached hydrogen (secondary N) is 1. The largest absolute Gasteiger partial charge is 0.369 e. The molecule has 5 nitrogen and oxygen atoms in total. The topological polar surface area (TPSA) is 60.2 Å². The molecule has 3 unspecified atom stereocenters. The van der Waals surface area contributed by atoms with Gasteiger partial charge < -0.3 is 14.6 Å². The predicted molar refractivity (Wildman–Crippen MR) is 79.0 cm³/mol. The Balaban J connectivity index is 1.83. The van der Waals surface area contributed by atoms with Crippen LogP contribution < -0.4 is 5.32 Å². The molecule has 1 aliphatic carbocycles. The van der Waals surface area contributed by atoms with E-state index >= 15 is 0 Å². The molecule has 1 aromatic heterocycles. The zero-order chi connectivity index (χ0) is 14.7. The Bertz CT molecular complexity index is 570. The molecule has 2 aromatic rings. The zero-order valence-electron chi connectivity index (χ0n) is 12.5. The maximum Gasteiger partial charge on any atom is 0.231 e. The Labute approximate surface area is 124 Å².